The molecule has 0 bridgehead atoms. The third kappa shape index (κ3) is 4.05. The second-order valence-corrected chi connectivity index (χ2v) is 6.23. The smallest absolute Gasteiger partial charge is 0.275 e. The van der Waals surface area contributed by atoms with Crippen molar-refractivity contribution in [2.45, 2.75) is 32.6 Å². The first-order chi connectivity index (χ1) is 11.3. The second kappa shape index (κ2) is 7.51. The van der Waals surface area contributed by atoms with Crippen LogP contribution in [0.3, 0.4) is 0 Å². The number of aromatic nitrogens is 2. The van der Waals surface area contributed by atoms with Gasteiger partial charge in [0, 0.05) is 11.9 Å². The number of hydrogen-bond donors (Lipinski definition) is 2. The first-order valence-corrected chi connectivity index (χ1v) is 8.47. The van der Waals surface area contributed by atoms with Gasteiger partial charge in [-0.1, -0.05) is 19.1 Å². The average molecular weight is 312 g/mol. The molecule has 0 saturated carbocycles. The van der Waals surface area contributed by atoms with Crippen molar-refractivity contribution in [3.63, 3.8) is 0 Å². The summed E-state index contributed by atoms with van der Waals surface area (Å²) >= 11 is 0. The summed E-state index contributed by atoms with van der Waals surface area (Å²) < 4.78 is 0. The van der Waals surface area contributed by atoms with Crippen LogP contribution < -0.4 is 10.6 Å². The van der Waals surface area contributed by atoms with E-state index in [1.807, 2.05) is 13.0 Å². The number of carbonyl (C=O) groups excluding carboxylic acids is 1. The van der Waals surface area contributed by atoms with Gasteiger partial charge in [-0.05, 0) is 56.7 Å². The summed E-state index contributed by atoms with van der Waals surface area (Å²) in [5, 5.41) is 6.38. The van der Waals surface area contributed by atoms with Crippen LogP contribution in [0.25, 0.3) is 0 Å². The number of amides is 1. The zero-order chi connectivity index (χ0) is 16.1. The molecule has 1 saturated heterocycles. The molecule has 1 aliphatic heterocycles. The highest BCUT2D eigenvalue weighted by molar-refractivity contribution is 5.93. The van der Waals surface area contributed by atoms with Crippen LogP contribution >= 0.6 is 0 Å². The number of aryl methyl sites for hydroxylation is 1. The summed E-state index contributed by atoms with van der Waals surface area (Å²) in [5.74, 6) is 1.09. The Morgan fingerprint density at radius 1 is 1.39 bits per heavy atom. The fourth-order valence-electron chi connectivity index (χ4n) is 3.17. The van der Waals surface area contributed by atoms with Crippen molar-refractivity contribution >= 4 is 5.91 Å². The van der Waals surface area contributed by atoms with Crippen molar-refractivity contribution in [1.82, 2.24) is 20.6 Å². The molecule has 23 heavy (non-hydrogen) atoms. The molecule has 5 nitrogen and oxygen atoms in total. The van der Waals surface area contributed by atoms with Gasteiger partial charge in [0.1, 0.15) is 5.69 Å². The van der Waals surface area contributed by atoms with E-state index in [1.165, 1.54) is 19.0 Å². The molecule has 0 radical (unpaired) electrons. The van der Waals surface area contributed by atoms with Gasteiger partial charge in [-0.15, -0.1) is 0 Å². The Bertz CT molecular complexity index is 600. The fraction of sp³-hybridized carbons (Fsp3) is 0.500. The van der Waals surface area contributed by atoms with Crippen molar-refractivity contribution in [2.24, 2.45) is 11.8 Å². The van der Waals surface area contributed by atoms with Crippen LogP contribution in [0.1, 0.15) is 42.4 Å². The maximum Gasteiger partial charge on any atom is 0.275 e. The summed E-state index contributed by atoms with van der Waals surface area (Å²) in [5.41, 5.74) is 2.11. The van der Waals surface area contributed by atoms with Crippen LogP contribution in [-0.2, 0) is 6.42 Å². The van der Waals surface area contributed by atoms with E-state index in [0.29, 0.717) is 17.5 Å². The molecule has 0 spiro atoms. The Morgan fingerprint density at radius 3 is 2.91 bits per heavy atom. The number of piperidine rings is 1. The lowest BCUT2D eigenvalue weighted by Crippen LogP contribution is -2.34. The summed E-state index contributed by atoms with van der Waals surface area (Å²) in [6.45, 7) is 4.26. The molecule has 5 heteroatoms. The quantitative estimate of drug-likeness (QED) is 0.895. The van der Waals surface area contributed by atoms with E-state index in [1.54, 1.807) is 6.20 Å². The van der Waals surface area contributed by atoms with Gasteiger partial charge in [0.2, 0.25) is 0 Å². The highest BCUT2D eigenvalue weighted by Gasteiger charge is 2.22. The van der Waals surface area contributed by atoms with E-state index in [9.17, 15) is 4.79 Å². The van der Waals surface area contributed by atoms with Crippen LogP contribution in [0, 0.1) is 11.8 Å². The Labute approximate surface area is 137 Å². The van der Waals surface area contributed by atoms with Gasteiger partial charge in [-0.2, -0.15) is 0 Å². The van der Waals surface area contributed by atoms with Gasteiger partial charge in [0.05, 0.1) is 11.9 Å². The van der Waals surface area contributed by atoms with Gasteiger partial charge >= 0.3 is 0 Å². The summed E-state index contributed by atoms with van der Waals surface area (Å²) in [6.07, 6.45) is 13.9. The van der Waals surface area contributed by atoms with Gasteiger partial charge in [0.15, 0.2) is 0 Å². The molecule has 1 aromatic heterocycles. The van der Waals surface area contributed by atoms with Crippen LogP contribution in [0.4, 0.5) is 0 Å². The van der Waals surface area contributed by atoms with Gasteiger partial charge in [-0.3, -0.25) is 9.78 Å². The van der Waals surface area contributed by atoms with E-state index in [2.05, 4.69) is 32.8 Å². The van der Waals surface area contributed by atoms with Crippen molar-refractivity contribution in [1.29, 1.82) is 0 Å². The Kier molecular flexibility index (Phi) is 5.18. The normalized spacial score (nSPS) is 24.1. The lowest BCUT2D eigenvalue weighted by atomic mass is 9.82. The maximum atomic E-state index is 12.2. The molecule has 122 valence electrons. The lowest BCUT2D eigenvalue weighted by molar-refractivity contribution is 0.0961. The zero-order valence-corrected chi connectivity index (χ0v) is 13.6. The van der Waals surface area contributed by atoms with Gasteiger partial charge < -0.3 is 10.6 Å². The molecule has 2 atom stereocenters. The predicted octanol–water partition coefficient (Wildman–Crippen LogP) is 2.23. The molecule has 0 aromatic carbocycles. The molecule has 2 N–H and O–H groups in total. The third-order valence-corrected chi connectivity index (χ3v) is 4.63. The van der Waals surface area contributed by atoms with Crippen LogP contribution in [0.2, 0.25) is 0 Å². The minimum absolute atomic E-state index is 0.200. The van der Waals surface area contributed by atoms with Crippen molar-refractivity contribution < 1.29 is 4.79 Å². The highest BCUT2D eigenvalue weighted by atomic mass is 16.1. The Balaban J connectivity index is 1.55. The Hall–Kier alpha value is -2.01. The number of nitrogens with zero attached hydrogens (tertiary/aromatic N) is 2. The summed E-state index contributed by atoms with van der Waals surface area (Å²) in [4.78, 5) is 20.6. The van der Waals surface area contributed by atoms with E-state index in [4.69, 9.17) is 0 Å². The topological polar surface area (TPSA) is 66.9 Å². The van der Waals surface area contributed by atoms with E-state index in [0.717, 1.165) is 37.3 Å². The molecule has 1 aromatic rings. The summed E-state index contributed by atoms with van der Waals surface area (Å²) in [6, 6.07) is 0. The second-order valence-electron chi connectivity index (χ2n) is 6.23. The largest absolute Gasteiger partial charge is 0.321 e. The Morgan fingerprint density at radius 2 is 2.30 bits per heavy atom. The molecule has 1 aliphatic carbocycles. The van der Waals surface area contributed by atoms with E-state index >= 15 is 0 Å². The zero-order valence-electron chi connectivity index (χ0n) is 13.6. The van der Waals surface area contributed by atoms with Crippen molar-refractivity contribution in [3.8, 4) is 0 Å². The predicted molar refractivity (Wildman–Crippen MR) is 89.8 cm³/mol. The van der Waals surface area contributed by atoms with Crippen molar-refractivity contribution in [2.75, 3.05) is 13.1 Å². The number of hydrogen-bond acceptors (Lipinski definition) is 4. The number of allylic oxidation sites excluding steroid dienone is 3. The molecule has 1 unspecified atom stereocenters. The maximum absolute atomic E-state index is 12.2. The fourth-order valence-corrected chi connectivity index (χ4v) is 3.17. The lowest BCUT2D eigenvalue weighted by Gasteiger charge is -2.30. The summed E-state index contributed by atoms with van der Waals surface area (Å²) in [7, 11) is 0. The molecule has 2 heterocycles. The average Bonchev–Trinajstić information content (AvgIpc) is 2.63. The molecule has 3 rings (SSSR count). The first-order valence-electron chi connectivity index (χ1n) is 8.47. The van der Waals surface area contributed by atoms with Crippen molar-refractivity contribution in [3.05, 3.63) is 47.7 Å². The molecule has 1 amide bonds. The van der Waals surface area contributed by atoms with E-state index in [-0.39, 0.29) is 5.91 Å². The molecule has 2 aliphatic rings. The number of rotatable bonds is 4. The third-order valence-electron chi connectivity index (χ3n) is 4.63. The van der Waals surface area contributed by atoms with Gasteiger partial charge in [-0.25, -0.2) is 4.98 Å². The van der Waals surface area contributed by atoms with Crippen LogP contribution in [0.15, 0.2) is 36.3 Å². The number of carbonyl (C=O) groups is 1. The van der Waals surface area contributed by atoms with Crippen LogP contribution in [-0.4, -0.2) is 29.0 Å². The monoisotopic (exact) mass is 312 g/mol. The first kappa shape index (κ1) is 15.9. The standard InChI is InChI=1S/C18H24N4O/c1-2-15-11-21-17(12-20-15)18(23)22-16-7-5-13(6-8-16)14-4-3-9-19-10-14/h5,7-8,11-14,19H,2-4,6,9-10H2,1H3,(H,22,23)/t13?,14-/m1/s1. The van der Waals surface area contributed by atoms with E-state index < -0.39 is 0 Å². The van der Waals surface area contributed by atoms with Gasteiger partial charge in [0.25, 0.3) is 5.91 Å². The molecule has 1 fully saturated rings. The molecular weight excluding hydrogens is 288 g/mol. The molecular formula is C18H24N4O. The van der Waals surface area contributed by atoms with Crippen LogP contribution in [0.5, 0.6) is 0 Å². The minimum atomic E-state index is -0.200. The SMILES string of the molecule is CCc1cnc(C(=O)NC2=CCC([C@@H]3CCCNC3)C=C2)cn1. The highest BCUT2D eigenvalue weighted by Crippen LogP contribution is 2.27. The minimum Gasteiger partial charge on any atom is -0.321 e. The number of nitrogens with one attached hydrogen (secondary N) is 2.